The van der Waals surface area contributed by atoms with Gasteiger partial charge in [-0.1, -0.05) is 24.6 Å². The van der Waals surface area contributed by atoms with Crippen molar-refractivity contribution in [2.24, 2.45) is 5.92 Å². The average molecular weight is 224 g/mol. The van der Waals surface area contributed by atoms with Gasteiger partial charge in [0.2, 0.25) is 0 Å². The first-order chi connectivity index (χ1) is 7.22. The lowest BCUT2D eigenvalue weighted by Crippen LogP contribution is -2.23. The van der Waals surface area contributed by atoms with Crippen molar-refractivity contribution in [3.8, 4) is 0 Å². The molecule has 0 aliphatic heterocycles. The first kappa shape index (κ1) is 11.0. The van der Waals surface area contributed by atoms with Crippen LogP contribution in [0, 0.1) is 12.8 Å². The zero-order chi connectivity index (χ0) is 10.8. The Kier molecular flexibility index (Phi) is 3.32. The minimum atomic E-state index is 0.508. The van der Waals surface area contributed by atoms with Crippen LogP contribution in [-0.4, -0.2) is 6.54 Å². The summed E-state index contributed by atoms with van der Waals surface area (Å²) in [6, 6.07) is 6.71. The first-order valence-corrected chi connectivity index (χ1v) is 6.09. The fourth-order valence-electron chi connectivity index (χ4n) is 2.13. The van der Waals surface area contributed by atoms with Crippen LogP contribution in [0.2, 0.25) is 5.02 Å². The highest BCUT2D eigenvalue weighted by Gasteiger charge is 2.32. The van der Waals surface area contributed by atoms with Crippen LogP contribution in [-0.2, 0) is 0 Å². The molecule has 2 heteroatoms. The van der Waals surface area contributed by atoms with Gasteiger partial charge in [-0.2, -0.15) is 0 Å². The Balaban J connectivity index is 2.27. The molecule has 0 radical (unpaired) electrons. The molecule has 1 atom stereocenters. The predicted octanol–water partition coefficient (Wildman–Crippen LogP) is 3.71. The van der Waals surface area contributed by atoms with Gasteiger partial charge in [-0.25, -0.2) is 0 Å². The maximum absolute atomic E-state index is 6.06. The second-order valence-electron chi connectivity index (χ2n) is 4.37. The number of hydrogen-bond donors (Lipinski definition) is 1. The van der Waals surface area contributed by atoms with Crippen molar-refractivity contribution in [3.63, 3.8) is 0 Å². The Morgan fingerprint density at radius 2 is 2.20 bits per heavy atom. The quantitative estimate of drug-likeness (QED) is 0.821. The Labute approximate surface area is 96.8 Å². The van der Waals surface area contributed by atoms with Gasteiger partial charge < -0.3 is 5.32 Å². The predicted molar refractivity (Wildman–Crippen MR) is 65.3 cm³/mol. The van der Waals surface area contributed by atoms with E-state index in [2.05, 4.69) is 31.3 Å². The molecule has 15 heavy (non-hydrogen) atoms. The number of nitrogens with one attached hydrogen (secondary N) is 1. The van der Waals surface area contributed by atoms with E-state index >= 15 is 0 Å². The molecule has 0 amide bonds. The monoisotopic (exact) mass is 223 g/mol. The molecular formula is C13H18ClN. The normalized spacial score (nSPS) is 17.8. The Morgan fingerprint density at radius 3 is 2.80 bits per heavy atom. The van der Waals surface area contributed by atoms with Gasteiger partial charge in [0.05, 0.1) is 0 Å². The number of halogens is 1. The summed E-state index contributed by atoms with van der Waals surface area (Å²) < 4.78 is 0. The second-order valence-corrected chi connectivity index (χ2v) is 4.81. The third-order valence-electron chi connectivity index (χ3n) is 3.09. The van der Waals surface area contributed by atoms with E-state index < -0.39 is 0 Å². The summed E-state index contributed by atoms with van der Waals surface area (Å²) in [5.74, 6) is 0.821. The van der Waals surface area contributed by atoms with Gasteiger partial charge in [0.1, 0.15) is 0 Å². The molecule has 1 unspecified atom stereocenters. The Hall–Kier alpha value is -0.530. The largest absolute Gasteiger partial charge is 0.310 e. The lowest BCUT2D eigenvalue weighted by Gasteiger charge is -2.20. The third kappa shape index (κ3) is 2.53. The molecule has 0 saturated heterocycles. The van der Waals surface area contributed by atoms with Gasteiger partial charge in [0, 0.05) is 11.1 Å². The number of rotatable bonds is 4. The highest BCUT2D eigenvalue weighted by molar-refractivity contribution is 6.30. The standard InChI is InChI=1S/C13H18ClN/c1-3-15-13(10-5-6-10)12-8-11(14)7-4-9(12)2/h4,7-8,10,13,15H,3,5-6H2,1-2H3. The zero-order valence-electron chi connectivity index (χ0n) is 9.39. The van der Waals surface area contributed by atoms with Crippen LogP contribution in [0.1, 0.15) is 36.9 Å². The molecule has 0 bridgehead atoms. The fraction of sp³-hybridized carbons (Fsp3) is 0.538. The fourth-order valence-corrected chi connectivity index (χ4v) is 2.31. The maximum Gasteiger partial charge on any atom is 0.0409 e. The Morgan fingerprint density at radius 1 is 1.47 bits per heavy atom. The summed E-state index contributed by atoms with van der Waals surface area (Å²) in [5.41, 5.74) is 2.73. The van der Waals surface area contributed by atoms with Crippen molar-refractivity contribution in [1.29, 1.82) is 0 Å². The van der Waals surface area contributed by atoms with Crippen molar-refractivity contribution in [2.75, 3.05) is 6.54 Å². The van der Waals surface area contributed by atoms with Crippen molar-refractivity contribution in [2.45, 2.75) is 32.7 Å². The van der Waals surface area contributed by atoms with Gasteiger partial charge in [-0.15, -0.1) is 0 Å². The molecule has 2 rings (SSSR count). The lowest BCUT2D eigenvalue weighted by atomic mass is 9.97. The van der Waals surface area contributed by atoms with Gasteiger partial charge in [-0.3, -0.25) is 0 Å². The second kappa shape index (κ2) is 4.54. The smallest absolute Gasteiger partial charge is 0.0409 e. The lowest BCUT2D eigenvalue weighted by molar-refractivity contribution is 0.494. The summed E-state index contributed by atoms with van der Waals surface area (Å²) in [6.45, 7) is 5.35. The molecule has 1 aromatic carbocycles. The molecular weight excluding hydrogens is 206 g/mol. The van der Waals surface area contributed by atoms with E-state index in [1.807, 2.05) is 6.07 Å². The van der Waals surface area contributed by atoms with E-state index in [0.29, 0.717) is 6.04 Å². The highest BCUT2D eigenvalue weighted by Crippen LogP contribution is 2.42. The van der Waals surface area contributed by atoms with E-state index in [4.69, 9.17) is 11.6 Å². The number of benzene rings is 1. The van der Waals surface area contributed by atoms with Gasteiger partial charge in [-0.05, 0) is 55.5 Å². The molecule has 0 aromatic heterocycles. The van der Waals surface area contributed by atoms with Crippen molar-refractivity contribution >= 4 is 11.6 Å². The summed E-state index contributed by atoms with van der Waals surface area (Å²) in [7, 11) is 0. The molecule has 0 spiro atoms. The van der Waals surface area contributed by atoms with Crippen molar-refractivity contribution in [1.82, 2.24) is 5.32 Å². The minimum Gasteiger partial charge on any atom is -0.310 e. The third-order valence-corrected chi connectivity index (χ3v) is 3.33. The Bertz CT molecular complexity index is 344. The van der Waals surface area contributed by atoms with Crippen molar-refractivity contribution < 1.29 is 0 Å². The molecule has 1 nitrogen and oxygen atoms in total. The molecule has 1 fully saturated rings. The van der Waals surface area contributed by atoms with Crippen LogP contribution in [0.3, 0.4) is 0 Å². The number of hydrogen-bond acceptors (Lipinski definition) is 1. The van der Waals surface area contributed by atoms with Crippen LogP contribution < -0.4 is 5.32 Å². The van der Waals surface area contributed by atoms with Crippen LogP contribution in [0.5, 0.6) is 0 Å². The van der Waals surface area contributed by atoms with Gasteiger partial charge in [0.15, 0.2) is 0 Å². The molecule has 0 heterocycles. The average Bonchev–Trinajstić information content (AvgIpc) is 3.02. The van der Waals surface area contributed by atoms with Gasteiger partial charge >= 0.3 is 0 Å². The molecule has 1 N–H and O–H groups in total. The van der Waals surface area contributed by atoms with Crippen LogP contribution in [0.15, 0.2) is 18.2 Å². The first-order valence-electron chi connectivity index (χ1n) is 5.71. The summed E-state index contributed by atoms with van der Waals surface area (Å²) in [4.78, 5) is 0. The van der Waals surface area contributed by atoms with E-state index in [9.17, 15) is 0 Å². The highest BCUT2D eigenvalue weighted by atomic mass is 35.5. The molecule has 1 saturated carbocycles. The van der Waals surface area contributed by atoms with E-state index in [0.717, 1.165) is 17.5 Å². The van der Waals surface area contributed by atoms with Crippen molar-refractivity contribution in [3.05, 3.63) is 34.3 Å². The zero-order valence-corrected chi connectivity index (χ0v) is 10.1. The molecule has 82 valence electrons. The van der Waals surface area contributed by atoms with Crippen LogP contribution >= 0.6 is 11.6 Å². The molecule has 1 aromatic rings. The summed E-state index contributed by atoms with van der Waals surface area (Å²) in [5, 5.41) is 4.42. The summed E-state index contributed by atoms with van der Waals surface area (Å²) in [6.07, 6.45) is 2.70. The minimum absolute atomic E-state index is 0.508. The van der Waals surface area contributed by atoms with E-state index in [1.165, 1.54) is 24.0 Å². The molecule has 1 aliphatic rings. The molecule has 1 aliphatic carbocycles. The topological polar surface area (TPSA) is 12.0 Å². The summed E-state index contributed by atoms with van der Waals surface area (Å²) >= 11 is 6.06. The van der Waals surface area contributed by atoms with Crippen LogP contribution in [0.4, 0.5) is 0 Å². The SMILES string of the molecule is CCNC(c1cc(Cl)ccc1C)C1CC1. The number of aryl methyl sites for hydroxylation is 1. The van der Waals surface area contributed by atoms with E-state index in [-0.39, 0.29) is 0 Å². The van der Waals surface area contributed by atoms with E-state index in [1.54, 1.807) is 0 Å². The maximum atomic E-state index is 6.06. The van der Waals surface area contributed by atoms with Gasteiger partial charge in [0.25, 0.3) is 0 Å². The van der Waals surface area contributed by atoms with Crippen LogP contribution in [0.25, 0.3) is 0 Å².